The highest BCUT2D eigenvalue weighted by Crippen LogP contribution is 2.28. The summed E-state index contributed by atoms with van der Waals surface area (Å²) in [5, 5.41) is 8.89. The third-order valence-corrected chi connectivity index (χ3v) is 2.28. The maximum Gasteiger partial charge on any atom is 0.335 e. The second kappa shape index (κ2) is 7.25. The Kier molecular flexibility index (Phi) is 5.66. The van der Waals surface area contributed by atoms with Crippen LogP contribution in [0.4, 0.5) is 0 Å². The van der Waals surface area contributed by atoms with Gasteiger partial charge in [0.15, 0.2) is 11.5 Å². The van der Waals surface area contributed by atoms with Crippen LogP contribution < -0.4 is 9.47 Å². The first-order valence-electron chi connectivity index (χ1n) is 5.78. The van der Waals surface area contributed by atoms with Gasteiger partial charge in [-0.2, -0.15) is 0 Å². The molecule has 1 aromatic carbocycles. The predicted octanol–water partition coefficient (Wildman–Crippen LogP) is 1.73. The third kappa shape index (κ3) is 4.50. The van der Waals surface area contributed by atoms with E-state index in [2.05, 4.69) is 4.74 Å². The van der Waals surface area contributed by atoms with E-state index < -0.39 is 5.97 Å². The summed E-state index contributed by atoms with van der Waals surface area (Å²) in [7, 11) is 1.30. The minimum absolute atomic E-state index is 0.114. The summed E-state index contributed by atoms with van der Waals surface area (Å²) in [6.07, 6.45) is 0.114. The monoisotopic (exact) mass is 268 g/mol. The van der Waals surface area contributed by atoms with Gasteiger partial charge in [-0.05, 0) is 25.1 Å². The number of rotatable bonds is 7. The number of carbonyl (C=O) groups is 2. The molecule has 6 heteroatoms. The number of esters is 1. The van der Waals surface area contributed by atoms with Crippen molar-refractivity contribution in [3.8, 4) is 11.5 Å². The lowest BCUT2D eigenvalue weighted by molar-refractivity contribution is -0.141. The molecule has 0 unspecified atom stereocenters. The van der Waals surface area contributed by atoms with E-state index in [4.69, 9.17) is 14.6 Å². The first-order chi connectivity index (χ1) is 9.08. The molecule has 1 aromatic rings. The number of hydrogen-bond donors (Lipinski definition) is 1. The van der Waals surface area contributed by atoms with Crippen molar-refractivity contribution in [1.29, 1.82) is 0 Å². The summed E-state index contributed by atoms with van der Waals surface area (Å²) < 4.78 is 15.2. The first kappa shape index (κ1) is 14.8. The molecule has 0 bridgehead atoms. The van der Waals surface area contributed by atoms with Crippen LogP contribution in [0.25, 0.3) is 0 Å². The molecule has 0 aliphatic carbocycles. The number of carboxylic acid groups (broad SMARTS) is 1. The molecule has 0 radical (unpaired) electrons. The molecule has 1 rings (SSSR count). The van der Waals surface area contributed by atoms with Gasteiger partial charge in [-0.3, -0.25) is 4.79 Å². The lowest BCUT2D eigenvalue weighted by Crippen LogP contribution is -2.08. The van der Waals surface area contributed by atoms with Crippen molar-refractivity contribution in [1.82, 2.24) is 0 Å². The number of carbonyl (C=O) groups excluding carboxylic acids is 1. The second-order valence-corrected chi connectivity index (χ2v) is 3.57. The Morgan fingerprint density at radius 3 is 2.53 bits per heavy atom. The Bertz CT molecular complexity index is 454. The van der Waals surface area contributed by atoms with Crippen LogP contribution in [0.3, 0.4) is 0 Å². The maximum atomic E-state index is 10.9. The van der Waals surface area contributed by atoms with Crippen LogP contribution in [-0.2, 0) is 9.53 Å². The highest BCUT2D eigenvalue weighted by atomic mass is 16.5. The summed E-state index contributed by atoms with van der Waals surface area (Å²) in [6.45, 7) is 2.31. The molecule has 1 N–H and O–H groups in total. The fourth-order valence-electron chi connectivity index (χ4n) is 1.38. The third-order valence-electron chi connectivity index (χ3n) is 2.28. The van der Waals surface area contributed by atoms with E-state index in [9.17, 15) is 9.59 Å². The van der Waals surface area contributed by atoms with E-state index in [1.54, 1.807) is 6.92 Å². The molecule has 19 heavy (non-hydrogen) atoms. The smallest absolute Gasteiger partial charge is 0.335 e. The normalized spacial score (nSPS) is 9.79. The van der Waals surface area contributed by atoms with E-state index in [1.165, 1.54) is 25.3 Å². The van der Waals surface area contributed by atoms with Gasteiger partial charge < -0.3 is 19.3 Å². The summed E-state index contributed by atoms with van der Waals surface area (Å²) >= 11 is 0. The van der Waals surface area contributed by atoms with E-state index >= 15 is 0 Å². The lowest BCUT2D eigenvalue weighted by atomic mass is 10.2. The zero-order valence-electron chi connectivity index (χ0n) is 10.8. The molecule has 0 amide bonds. The highest BCUT2D eigenvalue weighted by molar-refractivity contribution is 5.88. The average Bonchev–Trinajstić information content (AvgIpc) is 2.40. The van der Waals surface area contributed by atoms with Gasteiger partial charge in [-0.25, -0.2) is 4.79 Å². The number of hydrogen-bond acceptors (Lipinski definition) is 5. The van der Waals surface area contributed by atoms with Gasteiger partial charge in [0.1, 0.15) is 0 Å². The zero-order chi connectivity index (χ0) is 14.3. The summed E-state index contributed by atoms with van der Waals surface area (Å²) in [5.41, 5.74) is 0.115. The number of aromatic carboxylic acids is 1. The molecular weight excluding hydrogens is 252 g/mol. The fraction of sp³-hybridized carbons (Fsp3) is 0.385. The summed E-state index contributed by atoms with van der Waals surface area (Å²) in [5.74, 6) is -0.676. The summed E-state index contributed by atoms with van der Waals surface area (Å²) in [6, 6.07) is 4.31. The number of methoxy groups -OCH3 is 1. The molecule has 0 saturated carbocycles. The van der Waals surface area contributed by atoms with Crippen LogP contribution in [-0.4, -0.2) is 37.4 Å². The van der Waals surface area contributed by atoms with Gasteiger partial charge in [0, 0.05) is 0 Å². The van der Waals surface area contributed by atoms with Gasteiger partial charge in [-0.1, -0.05) is 0 Å². The Labute approximate surface area is 110 Å². The SMILES string of the molecule is CCOc1cc(C(=O)O)ccc1OCCC(=O)OC. The number of ether oxygens (including phenoxy) is 3. The van der Waals surface area contributed by atoms with Crippen molar-refractivity contribution in [2.24, 2.45) is 0 Å². The quantitative estimate of drug-likeness (QED) is 0.758. The van der Waals surface area contributed by atoms with Crippen molar-refractivity contribution >= 4 is 11.9 Å². The molecule has 0 heterocycles. The van der Waals surface area contributed by atoms with Gasteiger partial charge in [0.2, 0.25) is 0 Å². The largest absolute Gasteiger partial charge is 0.490 e. The Morgan fingerprint density at radius 1 is 1.21 bits per heavy atom. The maximum absolute atomic E-state index is 10.9. The summed E-state index contributed by atoms with van der Waals surface area (Å²) in [4.78, 5) is 21.8. The molecule has 0 spiro atoms. The van der Waals surface area contributed by atoms with Gasteiger partial charge in [0.05, 0.1) is 32.3 Å². The molecule has 0 aliphatic rings. The van der Waals surface area contributed by atoms with Crippen LogP contribution in [0.1, 0.15) is 23.7 Å². The fourth-order valence-corrected chi connectivity index (χ4v) is 1.38. The Morgan fingerprint density at radius 2 is 1.95 bits per heavy atom. The highest BCUT2D eigenvalue weighted by Gasteiger charge is 2.11. The minimum Gasteiger partial charge on any atom is -0.490 e. The molecule has 104 valence electrons. The van der Waals surface area contributed by atoms with Crippen molar-refractivity contribution < 1.29 is 28.9 Å². The van der Waals surface area contributed by atoms with E-state index in [0.717, 1.165) is 0 Å². The molecule has 0 aromatic heterocycles. The molecule has 0 fully saturated rings. The van der Waals surface area contributed by atoms with Gasteiger partial charge in [0.25, 0.3) is 0 Å². The second-order valence-electron chi connectivity index (χ2n) is 3.57. The van der Waals surface area contributed by atoms with E-state index in [1.807, 2.05) is 0 Å². The van der Waals surface area contributed by atoms with Crippen LogP contribution in [0, 0.1) is 0 Å². The van der Waals surface area contributed by atoms with Gasteiger partial charge >= 0.3 is 11.9 Å². The number of carboxylic acids is 1. The Balaban J connectivity index is 2.75. The van der Waals surface area contributed by atoms with Crippen molar-refractivity contribution in [3.05, 3.63) is 23.8 Å². The number of benzene rings is 1. The molecule has 6 nitrogen and oxygen atoms in total. The molecule has 0 aliphatic heterocycles. The first-order valence-corrected chi connectivity index (χ1v) is 5.78. The van der Waals surface area contributed by atoms with Gasteiger partial charge in [-0.15, -0.1) is 0 Å². The standard InChI is InChI=1S/C13H16O6/c1-3-18-11-8-9(13(15)16)4-5-10(11)19-7-6-12(14)17-2/h4-5,8H,3,6-7H2,1-2H3,(H,15,16). The zero-order valence-corrected chi connectivity index (χ0v) is 10.8. The van der Waals surface area contributed by atoms with Crippen LogP contribution >= 0.6 is 0 Å². The molecule has 0 atom stereocenters. The molecule has 0 saturated heterocycles. The van der Waals surface area contributed by atoms with E-state index in [-0.39, 0.29) is 24.6 Å². The van der Waals surface area contributed by atoms with E-state index in [0.29, 0.717) is 18.1 Å². The van der Waals surface area contributed by atoms with Crippen LogP contribution in [0.5, 0.6) is 11.5 Å². The topological polar surface area (TPSA) is 82.1 Å². The van der Waals surface area contributed by atoms with Crippen molar-refractivity contribution in [2.75, 3.05) is 20.3 Å². The van der Waals surface area contributed by atoms with Crippen molar-refractivity contribution in [2.45, 2.75) is 13.3 Å². The molecular formula is C13H16O6. The van der Waals surface area contributed by atoms with Crippen molar-refractivity contribution in [3.63, 3.8) is 0 Å². The van der Waals surface area contributed by atoms with Crippen LogP contribution in [0.15, 0.2) is 18.2 Å². The predicted molar refractivity (Wildman–Crippen MR) is 66.7 cm³/mol. The Hall–Kier alpha value is -2.24. The lowest BCUT2D eigenvalue weighted by Gasteiger charge is -2.12. The minimum atomic E-state index is -1.04. The average molecular weight is 268 g/mol. The van der Waals surface area contributed by atoms with Crippen LogP contribution in [0.2, 0.25) is 0 Å².